The van der Waals surface area contributed by atoms with Crippen LogP contribution in [-0.2, 0) is 0 Å². The molecule has 1 rings (SSSR count). The molecule has 0 radical (unpaired) electrons. The van der Waals surface area contributed by atoms with E-state index < -0.39 is 5.60 Å². The second-order valence-corrected chi connectivity index (χ2v) is 7.50. The van der Waals surface area contributed by atoms with E-state index >= 15 is 0 Å². The van der Waals surface area contributed by atoms with Crippen molar-refractivity contribution in [2.24, 2.45) is 17.3 Å². The van der Waals surface area contributed by atoms with Gasteiger partial charge in [-0.3, -0.25) is 0 Å². The van der Waals surface area contributed by atoms with Gasteiger partial charge in [0.15, 0.2) is 0 Å². The molecule has 1 nitrogen and oxygen atoms in total. The minimum absolute atomic E-state index is 0.172. The van der Waals surface area contributed by atoms with Gasteiger partial charge in [-0.2, -0.15) is 0 Å². The summed E-state index contributed by atoms with van der Waals surface area (Å²) in [6.45, 7) is 20.5. The third kappa shape index (κ3) is 5.00. The lowest BCUT2D eigenvalue weighted by molar-refractivity contribution is 0.133. The molecule has 0 amide bonds. The summed E-state index contributed by atoms with van der Waals surface area (Å²) in [4.78, 5) is 0. The quantitative estimate of drug-likeness (QED) is 0.645. The van der Waals surface area contributed by atoms with E-state index in [2.05, 4.69) is 39.7 Å². The Morgan fingerprint density at radius 1 is 1.38 bits per heavy atom. The molecule has 0 aromatic rings. The number of rotatable bonds is 6. The first kappa shape index (κ1) is 18.0. The molecule has 1 N–H and O–H groups in total. The summed E-state index contributed by atoms with van der Waals surface area (Å²) in [5.74, 6) is 1.04. The summed E-state index contributed by atoms with van der Waals surface area (Å²) >= 11 is 0. The topological polar surface area (TPSA) is 20.2 Å². The van der Waals surface area contributed by atoms with E-state index in [1.807, 2.05) is 12.2 Å². The van der Waals surface area contributed by atoms with Crippen molar-refractivity contribution in [1.82, 2.24) is 0 Å². The first-order valence-corrected chi connectivity index (χ1v) is 7.96. The fourth-order valence-corrected chi connectivity index (χ4v) is 3.38. The molecule has 1 saturated carbocycles. The van der Waals surface area contributed by atoms with Gasteiger partial charge >= 0.3 is 0 Å². The number of hydrogen-bond acceptors (Lipinski definition) is 1. The van der Waals surface area contributed by atoms with Crippen molar-refractivity contribution < 1.29 is 5.11 Å². The van der Waals surface area contributed by atoms with Crippen molar-refractivity contribution in [1.29, 1.82) is 0 Å². The van der Waals surface area contributed by atoms with Gasteiger partial charge in [-0.25, -0.2) is 0 Å². The van der Waals surface area contributed by atoms with Crippen LogP contribution in [0.1, 0.15) is 53.4 Å². The lowest BCUT2D eigenvalue weighted by Gasteiger charge is -2.44. The molecule has 0 aromatic carbocycles. The normalized spacial score (nSPS) is 30.3. The molecule has 0 heterocycles. The SMILES string of the molecule is C=C[C@@]1(C)CC[C@H](C(=C)C/C=C/C(C)(C)O)C[C@@H]1C(=C)C. The van der Waals surface area contributed by atoms with Gasteiger partial charge in [0.2, 0.25) is 0 Å². The highest BCUT2D eigenvalue weighted by Gasteiger charge is 2.38. The highest BCUT2D eigenvalue weighted by atomic mass is 16.3. The second-order valence-electron chi connectivity index (χ2n) is 7.50. The molecular formula is C20H32O. The summed E-state index contributed by atoms with van der Waals surface area (Å²) in [6, 6.07) is 0. The van der Waals surface area contributed by atoms with Crippen LogP contribution < -0.4 is 0 Å². The average Bonchev–Trinajstić information content (AvgIpc) is 2.37. The smallest absolute Gasteiger partial charge is 0.0771 e. The van der Waals surface area contributed by atoms with Crippen molar-refractivity contribution in [3.63, 3.8) is 0 Å². The van der Waals surface area contributed by atoms with E-state index in [9.17, 15) is 5.11 Å². The molecule has 1 aliphatic rings. The van der Waals surface area contributed by atoms with Crippen LogP contribution in [0, 0.1) is 17.3 Å². The molecule has 21 heavy (non-hydrogen) atoms. The maximum absolute atomic E-state index is 9.72. The first-order valence-electron chi connectivity index (χ1n) is 7.96. The average molecular weight is 288 g/mol. The predicted molar refractivity (Wildman–Crippen MR) is 93.1 cm³/mol. The Bertz CT molecular complexity index is 435. The van der Waals surface area contributed by atoms with Gasteiger partial charge in [0.05, 0.1) is 5.60 Å². The fraction of sp³-hybridized carbons (Fsp3) is 0.600. The van der Waals surface area contributed by atoms with Gasteiger partial charge in [-0.1, -0.05) is 49.5 Å². The van der Waals surface area contributed by atoms with Crippen molar-refractivity contribution in [3.05, 3.63) is 49.1 Å². The molecule has 0 aromatic heterocycles. The minimum atomic E-state index is -0.742. The molecule has 1 fully saturated rings. The zero-order valence-electron chi connectivity index (χ0n) is 14.3. The first-order chi connectivity index (χ1) is 9.59. The molecule has 1 heteroatoms. The van der Waals surface area contributed by atoms with Gasteiger partial charge in [0.1, 0.15) is 0 Å². The van der Waals surface area contributed by atoms with Crippen molar-refractivity contribution >= 4 is 0 Å². The van der Waals surface area contributed by atoms with Gasteiger partial charge in [0.25, 0.3) is 0 Å². The monoisotopic (exact) mass is 288 g/mol. The van der Waals surface area contributed by atoms with Crippen LogP contribution in [-0.4, -0.2) is 10.7 Å². The molecule has 1 aliphatic carbocycles. The number of hydrogen-bond donors (Lipinski definition) is 1. The molecule has 0 unspecified atom stereocenters. The Kier molecular flexibility index (Phi) is 5.81. The van der Waals surface area contributed by atoms with Gasteiger partial charge < -0.3 is 5.11 Å². The summed E-state index contributed by atoms with van der Waals surface area (Å²) < 4.78 is 0. The zero-order valence-corrected chi connectivity index (χ0v) is 14.3. The molecule has 0 aliphatic heterocycles. The maximum atomic E-state index is 9.72. The lowest BCUT2D eigenvalue weighted by Crippen LogP contribution is -2.33. The van der Waals surface area contributed by atoms with E-state index in [1.165, 1.54) is 17.6 Å². The van der Waals surface area contributed by atoms with E-state index in [0.717, 1.165) is 19.3 Å². The van der Waals surface area contributed by atoms with Crippen molar-refractivity contribution in [2.45, 2.75) is 59.0 Å². The van der Waals surface area contributed by atoms with Crippen LogP contribution in [0.15, 0.2) is 49.1 Å². The molecule has 0 saturated heterocycles. The summed E-state index contributed by atoms with van der Waals surface area (Å²) in [5.41, 5.74) is 1.95. The van der Waals surface area contributed by atoms with Crippen LogP contribution in [0.3, 0.4) is 0 Å². The highest BCUT2D eigenvalue weighted by molar-refractivity contribution is 5.17. The second kappa shape index (κ2) is 6.79. The van der Waals surface area contributed by atoms with Crippen LogP contribution in [0.25, 0.3) is 0 Å². The van der Waals surface area contributed by atoms with Crippen LogP contribution in [0.2, 0.25) is 0 Å². The summed E-state index contributed by atoms with van der Waals surface area (Å²) in [7, 11) is 0. The summed E-state index contributed by atoms with van der Waals surface area (Å²) in [5, 5.41) is 9.72. The predicted octanol–water partition coefficient (Wildman–Crippen LogP) is 5.44. The maximum Gasteiger partial charge on any atom is 0.0771 e. The van der Waals surface area contributed by atoms with E-state index in [1.54, 1.807) is 13.8 Å². The number of allylic oxidation sites excluding steroid dienone is 4. The van der Waals surface area contributed by atoms with E-state index in [4.69, 9.17) is 0 Å². The Morgan fingerprint density at radius 3 is 2.48 bits per heavy atom. The van der Waals surface area contributed by atoms with Crippen LogP contribution in [0.5, 0.6) is 0 Å². The Hall–Kier alpha value is -1.08. The van der Waals surface area contributed by atoms with E-state index in [0.29, 0.717) is 11.8 Å². The third-order valence-corrected chi connectivity index (χ3v) is 4.89. The Morgan fingerprint density at radius 2 is 2.00 bits per heavy atom. The van der Waals surface area contributed by atoms with Crippen LogP contribution >= 0.6 is 0 Å². The van der Waals surface area contributed by atoms with Gasteiger partial charge in [-0.05, 0) is 63.7 Å². The van der Waals surface area contributed by atoms with E-state index in [-0.39, 0.29) is 5.41 Å². The largest absolute Gasteiger partial charge is 0.386 e. The summed E-state index contributed by atoms with van der Waals surface area (Å²) in [6.07, 6.45) is 10.3. The molecule has 118 valence electrons. The Balaban J connectivity index is 2.70. The zero-order chi connectivity index (χ0) is 16.3. The third-order valence-electron chi connectivity index (χ3n) is 4.89. The fourth-order valence-electron chi connectivity index (χ4n) is 3.38. The van der Waals surface area contributed by atoms with Crippen molar-refractivity contribution in [3.8, 4) is 0 Å². The van der Waals surface area contributed by atoms with Crippen molar-refractivity contribution in [2.75, 3.05) is 0 Å². The standard InChI is InChI=1S/C20H32O/c1-8-20(7)13-11-17(14-18(20)15(2)3)16(4)10-9-12-19(5,6)21/h8-9,12,17-18,21H,1-2,4,10-11,13-14H2,3,5-7H3/b12-9+/t17-,18+,20-/m0/s1. The molecular weight excluding hydrogens is 256 g/mol. The van der Waals surface area contributed by atoms with Crippen LogP contribution in [0.4, 0.5) is 0 Å². The van der Waals surface area contributed by atoms with Gasteiger partial charge in [0, 0.05) is 0 Å². The lowest BCUT2D eigenvalue weighted by atomic mass is 9.61. The highest BCUT2D eigenvalue weighted by Crippen LogP contribution is 2.49. The molecule has 0 bridgehead atoms. The molecule has 3 atom stereocenters. The minimum Gasteiger partial charge on any atom is -0.386 e. The van der Waals surface area contributed by atoms with Gasteiger partial charge in [-0.15, -0.1) is 6.58 Å². The molecule has 0 spiro atoms. The number of aliphatic hydroxyl groups is 1. The Labute approximate surface area is 131 Å².